The van der Waals surface area contributed by atoms with E-state index in [9.17, 15) is 13.2 Å². The van der Waals surface area contributed by atoms with Gasteiger partial charge in [0.1, 0.15) is 10.6 Å². The Kier molecular flexibility index (Phi) is 9.00. The molecule has 1 atom stereocenters. The average molecular weight is 525 g/mol. The minimum absolute atomic E-state index is 0.0587. The SMILES string of the molecule is COc1ccc(C(CNC(=O)c2cc(S(=O)(=O)N(C)C)c(Cl)cc2N(C)C)N2CCOCC2)cc1. The molecule has 1 N–H and O–H groups in total. The van der Waals surface area contributed by atoms with E-state index in [-0.39, 0.29) is 27.4 Å². The van der Waals surface area contributed by atoms with E-state index < -0.39 is 10.0 Å². The molecule has 0 spiro atoms. The van der Waals surface area contributed by atoms with Gasteiger partial charge in [-0.2, -0.15) is 0 Å². The molecule has 0 saturated carbocycles. The van der Waals surface area contributed by atoms with Crippen LogP contribution in [-0.4, -0.2) is 91.7 Å². The van der Waals surface area contributed by atoms with Crippen LogP contribution >= 0.6 is 11.6 Å². The second-order valence-electron chi connectivity index (χ2n) is 8.63. The van der Waals surface area contributed by atoms with Gasteiger partial charge in [-0.1, -0.05) is 23.7 Å². The maximum atomic E-state index is 13.4. The van der Waals surface area contributed by atoms with Gasteiger partial charge in [0.2, 0.25) is 10.0 Å². The largest absolute Gasteiger partial charge is 0.497 e. The number of benzene rings is 2. The molecule has 1 aliphatic rings. The van der Waals surface area contributed by atoms with Crippen molar-refractivity contribution in [2.45, 2.75) is 10.9 Å². The number of carbonyl (C=O) groups is 1. The summed E-state index contributed by atoms with van der Waals surface area (Å²) in [7, 11) is 4.18. The molecule has 11 heteroatoms. The molecule has 35 heavy (non-hydrogen) atoms. The number of nitrogens with zero attached hydrogens (tertiary/aromatic N) is 3. The third-order valence-corrected chi connectivity index (χ3v) is 8.26. The number of ether oxygens (including phenoxy) is 2. The zero-order valence-corrected chi connectivity index (χ0v) is 22.3. The summed E-state index contributed by atoms with van der Waals surface area (Å²) < 4.78 is 37.4. The Morgan fingerprint density at radius 2 is 1.77 bits per heavy atom. The van der Waals surface area contributed by atoms with E-state index >= 15 is 0 Å². The number of anilines is 1. The van der Waals surface area contributed by atoms with E-state index in [1.54, 1.807) is 26.1 Å². The summed E-state index contributed by atoms with van der Waals surface area (Å²) in [5, 5.41) is 3.07. The zero-order valence-electron chi connectivity index (χ0n) is 20.7. The second-order valence-corrected chi connectivity index (χ2v) is 11.2. The molecular weight excluding hydrogens is 492 g/mol. The number of morpholine rings is 1. The first-order valence-corrected chi connectivity index (χ1v) is 13.1. The van der Waals surface area contributed by atoms with Crippen molar-refractivity contribution in [1.29, 1.82) is 0 Å². The van der Waals surface area contributed by atoms with Crippen LogP contribution in [0.1, 0.15) is 22.0 Å². The first-order chi connectivity index (χ1) is 16.6. The molecule has 1 amide bonds. The molecule has 1 saturated heterocycles. The lowest BCUT2D eigenvalue weighted by Crippen LogP contribution is -2.44. The monoisotopic (exact) mass is 524 g/mol. The lowest BCUT2D eigenvalue weighted by Gasteiger charge is -2.35. The standard InChI is InChI=1S/C24H33ClN4O5S/c1-27(2)21-15-20(25)23(35(31,32)28(3)4)14-19(21)24(30)26-16-22(29-10-12-34-13-11-29)17-6-8-18(33-5)9-7-17/h6-9,14-15,22H,10-13,16H2,1-5H3,(H,26,30). The summed E-state index contributed by atoms with van der Waals surface area (Å²) in [5.41, 5.74) is 1.79. The van der Waals surface area contributed by atoms with Gasteiger partial charge in [0, 0.05) is 47.8 Å². The van der Waals surface area contributed by atoms with E-state index in [1.165, 1.54) is 26.2 Å². The molecule has 2 aromatic rings. The molecule has 1 heterocycles. The Labute approximate surface area is 212 Å². The molecule has 0 radical (unpaired) electrons. The Morgan fingerprint density at radius 3 is 2.31 bits per heavy atom. The molecule has 1 unspecified atom stereocenters. The first kappa shape index (κ1) is 27.2. The zero-order chi connectivity index (χ0) is 25.8. The number of halogens is 1. The van der Waals surface area contributed by atoms with Crippen molar-refractivity contribution in [2.24, 2.45) is 0 Å². The van der Waals surface area contributed by atoms with Crippen LogP contribution in [-0.2, 0) is 14.8 Å². The number of rotatable bonds is 9. The number of carbonyl (C=O) groups excluding carboxylic acids is 1. The van der Waals surface area contributed by atoms with Crippen molar-refractivity contribution in [3.05, 3.63) is 52.5 Å². The lowest BCUT2D eigenvalue weighted by atomic mass is 10.0. The molecule has 0 aliphatic carbocycles. The fraction of sp³-hybridized carbons (Fsp3) is 0.458. The summed E-state index contributed by atoms with van der Waals surface area (Å²) in [6, 6.07) is 10.5. The molecule has 0 aromatic heterocycles. The molecule has 192 valence electrons. The predicted octanol–water partition coefficient (Wildman–Crippen LogP) is 2.47. The second kappa shape index (κ2) is 11.6. The van der Waals surface area contributed by atoms with Crippen LogP contribution in [0.25, 0.3) is 0 Å². The van der Waals surface area contributed by atoms with Gasteiger partial charge in [-0.05, 0) is 29.8 Å². The van der Waals surface area contributed by atoms with Crippen LogP contribution in [0.2, 0.25) is 5.02 Å². The van der Waals surface area contributed by atoms with Crippen molar-refractivity contribution < 1.29 is 22.7 Å². The molecule has 1 fully saturated rings. The summed E-state index contributed by atoms with van der Waals surface area (Å²) in [6.45, 7) is 3.04. The van der Waals surface area contributed by atoms with E-state index in [4.69, 9.17) is 21.1 Å². The maximum Gasteiger partial charge on any atom is 0.253 e. The predicted molar refractivity (Wildman–Crippen MR) is 137 cm³/mol. The van der Waals surface area contributed by atoms with E-state index in [0.29, 0.717) is 25.4 Å². The number of nitrogens with one attached hydrogen (secondary N) is 1. The van der Waals surface area contributed by atoms with Crippen LogP contribution in [0.15, 0.2) is 41.3 Å². The van der Waals surface area contributed by atoms with Gasteiger partial charge in [-0.3, -0.25) is 9.69 Å². The average Bonchev–Trinajstić information content (AvgIpc) is 2.84. The van der Waals surface area contributed by atoms with Crippen molar-refractivity contribution in [3.63, 3.8) is 0 Å². The highest BCUT2D eigenvalue weighted by molar-refractivity contribution is 7.89. The summed E-state index contributed by atoms with van der Waals surface area (Å²) in [4.78, 5) is 17.3. The number of sulfonamides is 1. The van der Waals surface area contributed by atoms with Gasteiger partial charge in [-0.25, -0.2) is 12.7 Å². The molecule has 3 rings (SSSR count). The highest BCUT2D eigenvalue weighted by Gasteiger charge is 2.27. The van der Waals surface area contributed by atoms with E-state index in [2.05, 4.69) is 10.2 Å². The normalized spacial score (nSPS) is 15.6. The Hall–Kier alpha value is -2.37. The number of hydrogen-bond donors (Lipinski definition) is 1. The minimum Gasteiger partial charge on any atom is -0.497 e. The molecule has 0 bridgehead atoms. The van der Waals surface area contributed by atoms with Gasteiger partial charge in [0.25, 0.3) is 5.91 Å². The Bertz CT molecular complexity index is 1130. The molecule has 9 nitrogen and oxygen atoms in total. The number of hydrogen-bond acceptors (Lipinski definition) is 7. The van der Waals surface area contributed by atoms with Crippen LogP contribution in [0.3, 0.4) is 0 Å². The summed E-state index contributed by atoms with van der Waals surface area (Å²) >= 11 is 6.32. The third kappa shape index (κ3) is 6.25. The highest BCUT2D eigenvalue weighted by Crippen LogP contribution is 2.32. The fourth-order valence-corrected chi connectivity index (χ4v) is 5.36. The van der Waals surface area contributed by atoms with Crippen molar-refractivity contribution >= 4 is 33.2 Å². The minimum atomic E-state index is -3.84. The molecule has 1 aliphatic heterocycles. The first-order valence-electron chi connectivity index (χ1n) is 11.2. The van der Waals surface area contributed by atoms with Crippen molar-refractivity contribution in [2.75, 3.05) is 73.0 Å². The Balaban J connectivity index is 1.92. The van der Waals surface area contributed by atoms with Gasteiger partial charge in [0.15, 0.2) is 0 Å². The van der Waals surface area contributed by atoms with Gasteiger partial charge < -0.3 is 19.7 Å². The van der Waals surface area contributed by atoms with Crippen molar-refractivity contribution in [1.82, 2.24) is 14.5 Å². The van der Waals surface area contributed by atoms with E-state index in [1.807, 2.05) is 24.3 Å². The van der Waals surface area contributed by atoms with Crippen molar-refractivity contribution in [3.8, 4) is 5.75 Å². The maximum absolute atomic E-state index is 13.4. The quantitative estimate of drug-likeness (QED) is 0.539. The Morgan fingerprint density at radius 1 is 1.14 bits per heavy atom. The van der Waals surface area contributed by atoms with Crippen LogP contribution in [0, 0.1) is 0 Å². The highest BCUT2D eigenvalue weighted by atomic mass is 35.5. The van der Waals surface area contributed by atoms with Crippen LogP contribution in [0.4, 0.5) is 5.69 Å². The fourth-order valence-electron chi connectivity index (χ4n) is 3.95. The molecular formula is C24H33ClN4O5S. The topological polar surface area (TPSA) is 91.4 Å². The van der Waals surface area contributed by atoms with Gasteiger partial charge in [-0.15, -0.1) is 0 Å². The van der Waals surface area contributed by atoms with Crippen LogP contribution in [0.5, 0.6) is 5.75 Å². The number of methoxy groups -OCH3 is 1. The molecule has 2 aromatic carbocycles. The van der Waals surface area contributed by atoms with Gasteiger partial charge in [0.05, 0.1) is 42.6 Å². The summed E-state index contributed by atoms with van der Waals surface area (Å²) in [5.74, 6) is 0.372. The lowest BCUT2D eigenvalue weighted by molar-refractivity contribution is 0.0162. The van der Waals surface area contributed by atoms with Crippen LogP contribution < -0.4 is 15.0 Å². The smallest absolute Gasteiger partial charge is 0.253 e. The van der Waals surface area contributed by atoms with Gasteiger partial charge >= 0.3 is 0 Å². The third-order valence-electron chi connectivity index (χ3n) is 5.98. The summed E-state index contributed by atoms with van der Waals surface area (Å²) in [6.07, 6.45) is 0. The van der Waals surface area contributed by atoms with E-state index in [0.717, 1.165) is 28.7 Å². The number of amides is 1.